The van der Waals surface area contributed by atoms with Gasteiger partial charge in [0, 0.05) is 11.4 Å². The first kappa shape index (κ1) is 9.08. The molecule has 62 valence electrons. The second-order valence-electron chi connectivity index (χ2n) is 2.35. The number of rotatable bonds is 3. The first-order valence-corrected chi connectivity index (χ1v) is 4.77. The number of nitrogens with zero attached hydrogens (tertiary/aromatic N) is 2. The minimum absolute atomic E-state index is 0.739. The molecular weight excluding hydrogens is 168 g/mol. The predicted octanol–water partition coefficient (Wildman–Crippen LogP) is 1.65. The van der Waals surface area contributed by atoms with Gasteiger partial charge < -0.3 is 0 Å². The molecule has 3 heteroatoms. The van der Waals surface area contributed by atoms with Crippen LogP contribution in [0.2, 0.25) is 0 Å². The maximum absolute atomic E-state index is 5.12. The monoisotopic (exact) mass is 178 g/mol. The van der Waals surface area contributed by atoms with Gasteiger partial charge in [-0.05, 0) is 13.0 Å². The third-order valence-corrected chi connectivity index (χ3v) is 2.17. The molecule has 0 amide bonds. The van der Waals surface area contributed by atoms with Gasteiger partial charge in [0.1, 0.15) is 6.33 Å². The smallest absolute Gasteiger partial charge is 0.115 e. The lowest BCUT2D eigenvalue weighted by molar-refractivity contribution is 1.04. The molecule has 0 spiro atoms. The van der Waals surface area contributed by atoms with Gasteiger partial charge in [0.25, 0.3) is 0 Å². The quantitative estimate of drug-likeness (QED) is 0.520. The van der Waals surface area contributed by atoms with Gasteiger partial charge >= 0.3 is 0 Å². The fourth-order valence-electron chi connectivity index (χ4n) is 0.803. The van der Waals surface area contributed by atoms with Crippen LogP contribution in [0.5, 0.6) is 0 Å². The first-order chi connectivity index (χ1) is 5.83. The number of hydrogen-bond acceptors (Lipinski definition) is 3. The van der Waals surface area contributed by atoms with Gasteiger partial charge in [0.05, 0.1) is 11.4 Å². The molecule has 0 saturated carbocycles. The van der Waals surface area contributed by atoms with E-state index in [9.17, 15) is 0 Å². The number of aryl methyl sites for hydroxylation is 1. The van der Waals surface area contributed by atoms with Crippen molar-refractivity contribution in [1.82, 2.24) is 9.97 Å². The first-order valence-electron chi connectivity index (χ1n) is 3.61. The fraction of sp³-hybridized carbons (Fsp3) is 0.333. The third-order valence-electron chi connectivity index (χ3n) is 1.30. The van der Waals surface area contributed by atoms with Crippen LogP contribution in [0.15, 0.2) is 12.4 Å². The van der Waals surface area contributed by atoms with Crippen molar-refractivity contribution in [3.05, 3.63) is 23.8 Å². The molecule has 1 rings (SSSR count). The summed E-state index contributed by atoms with van der Waals surface area (Å²) in [5, 5.41) is 0. The molecule has 0 atom stereocenters. The lowest BCUT2D eigenvalue weighted by Crippen LogP contribution is -1.90. The summed E-state index contributed by atoms with van der Waals surface area (Å²) in [5.41, 5.74) is 2.05. The van der Waals surface area contributed by atoms with Crippen molar-refractivity contribution in [3.8, 4) is 12.3 Å². The van der Waals surface area contributed by atoms with Crippen molar-refractivity contribution in [2.24, 2.45) is 0 Å². The molecule has 0 aliphatic carbocycles. The largest absolute Gasteiger partial charge is 0.242 e. The standard InChI is InChI=1S/C9H10N2S/c1-3-4-12-6-9-5-8(2)10-7-11-9/h1,5,7H,4,6H2,2H3. The Morgan fingerprint density at radius 1 is 1.58 bits per heavy atom. The van der Waals surface area contributed by atoms with Crippen LogP contribution in [0.1, 0.15) is 11.4 Å². The van der Waals surface area contributed by atoms with Crippen molar-refractivity contribution < 1.29 is 0 Å². The van der Waals surface area contributed by atoms with Gasteiger partial charge in [-0.3, -0.25) is 0 Å². The predicted molar refractivity (Wildman–Crippen MR) is 51.8 cm³/mol. The summed E-state index contributed by atoms with van der Waals surface area (Å²) in [6.45, 7) is 1.96. The van der Waals surface area contributed by atoms with Gasteiger partial charge in [-0.15, -0.1) is 18.2 Å². The van der Waals surface area contributed by atoms with E-state index in [2.05, 4.69) is 15.9 Å². The number of thioether (sulfide) groups is 1. The molecule has 0 aliphatic rings. The van der Waals surface area contributed by atoms with E-state index in [0.717, 1.165) is 22.9 Å². The van der Waals surface area contributed by atoms with Crippen LogP contribution in [0, 0.1) is 19.3 Å². The highest BCUT2D eigenvalue weighted by atomic mass is 32.2. The van der Waals surface area contributed by atoms with Crippen LogP contribution in [-0.2, 0) is 5.75 Å². The zero-order valence-electron chi connectivity index (χ0n) is 6.95. The Labute approximate surface area is 76.8 Å². The molecule has 2 nitrogen and oxygen atoms in total. The van der Waals surface area contributed by atoms with E-state index in [1.54, 1.807) is 18.1 Å². The van der Waals surface area contributed by atoms with E-state index in [0.29, 0.717) is 0 Å². The van der Waals surface area contributed by atoms with Gasteiger partial charge in [-0.25, -0.2) is 9.97 Å². The molecule has 0 saturated heterocycles. The van der Waals surface area contributed by atoms with Crippen molar-refractivity contribution in [2.75, 3.05) is 5.75 Å². The SMILES string of the molecule is C#CCSCc1cc(C)ncn1. The van der Waals surface area contributed by atoms with Crippen LogP contribution in [0.4, 0.5) is 0 Å². The Hall–Kier alpha value is -1.01. The maximum atomic E-state index is 5.12. The molecule has 0 radical (unpaired) electrons. The molecule has 0 bridgehead atoms. The molecular formula is C9H10N2S. The average Bonchev–Trinajstić information content (AvgIpc) is 2.05. The summed E-state index contributed by atoms with van der Waals surface area (Å²) >= 11 is 1.69. The summed E-state index contributed by atoms with van der Waals surface area (Å²) < 4.78 is 0. The zero-order chi connectivity index (χ0) is 8.81. The van der Waals surface area contributed by atoms with Crippen molar-refractivity contribution in [2.45, 2.75) is 12.7 Å². The summed E-state index contributed by atoms with van der Waals surface area (Å²) in [6, 6.07) is 1.98. The van der Waals surface area contributed by atoms with Crippen LogP contribution in [-0.4, -0.2) is 15.7 Å². The van der Waals surface area contributed by atoms with Gasteiger partial charge in [-0.2, -0.15) is 0 Å². The second-order valence-corrected chi connectivity index (χ2v) is 3.33. The van der Waals surface area contributed by atoms with E-state index in [-0.39, 0.29) is 0 Å². The minimum Gasteiger partial charge on any atom is -0.242 e. The Morgan fingerprint density at radius 3 is 3.08 bits per heavy atom. The fourth-order valence-corrected chi connectivity index (χ4v) is 1.39. The summed E-state index contributed by atoms with van der Waals surface area (Å²) in [7, 11) is 0. The van der Waals surface area contributed by atoms with Crippen molar-refractivity contribution >= 4 is 11.8 Å². The summed E-state index contributed by atoms with van der Waals surface area (Å²) in [6.07, 6.45) is 6.70. The number of hydrogen-bond donors (Lipinski definition) is 0. The third kappa shape index (κ3) is 2.93. The van der Waals surface area contributed by atoms with Gasteiger partial charge in [0.2, 0.25) is 0 Å². The summed E-state index contributed by atoms with van der Waals surface area (Å²) in [4.78, 5) is 8.12. The van der Waals surface area contributed by atoms with Crippen molar-refractivity contribution in [1.29, 1.82) is 0 Å². The molecule has 1 aromatic heterocycles. The Bertz CT molecular complexity index is 291. The second kappa shape index (κ2) is 4.78. The van der Waals surface area contributed by atoms with E-state index in [4.69, 9.17) is 6.42 Å². The molecule has 1 heterocycles. The Balaban J connectivity index is 2.48. The Morgan fingerprint density at radius 2 is 2.42 bits per heavy atom. The van der Waals surface area contributed by atoms with E-state index in [1.165, 1.54) is 0 Å². The highest BCUT2D eigenvalue weighted by molar-refractivity contribution is 7.98. The normalized spacial score (nSPS) is 9.33. The highest BCUT2D eigenvalue weighted by Gasteiger charge is 1.94. The highest BCUT2D eigenvalue weighted by Crippen LogP contribution is 2.08. The Kier molecular flexibility index (Phi) is 3.62. The van der Waals surface area contributed by atoms with E-state index in [1.807, 2.05) is 13.0 Å². The summed E-state index contributed by atoms with van der Waals surface area (Å²) in [5.74, 6) is 4.18. The van der Waals surface area contributed by atoms with Crippen molar-refractivity contribution in [3.63, 3.8) is 0 Å². The molecule has 0 fully saturated rings. The van der Waals surface area contributed by atoms with Crippen LogP contribution >= 0.6 is 11.8 Å². The van der Waals surface area contributed by atoms with Crippen LogP contribution < -0.4 is 0 Å². The lowest BCUT2D eigenvalue weighted by Gasteiger charge is -1.97. The number of aromatic nitrogens is 2. The molecule has 0 unspecified atom stereocenters. The molecule has 0 N–H and O–H groups in total. The van der Waals surface area contributed by atoms with E-state index < -0.39 is 0 Å². The zero-order valence-corrected chi connectivity index (χ0v) is 7.77. The average molecular weight is 178 g/mol. The van der Waals surface area contributed by atoms with Crippen LogP contribution in [0.3, 0.4) is 0 Å². The number of terminal acetylenes is 1. The molecule has 0 aliphatic heterocycles. The van der Waals surface area contributed by atoms with E-state index >= 15 is 0 Å². The molecule has 1 aromatic rings. The lowest BCUT2D eigenvalue weighted by atomic mass is 10.4. The van der Waals surface area contributed by atoms with Crippen LogP contribution in [0.25, 0.3) is 0 Å². The van der Waals surface area contributed by atoms with Gasteiger partial charge in [-0.1, -0.05) is 5.92 Å². The van der Waals surface area contributed by atoms with Gasteiger partial charge in [0.15, 0.2) is 0 Å². The topological polar surface area (TPSA) is 25.8 Å². The molecule has 0 aromatic carbocycles. The maximum Gasteiger partial charge on any atom is 0.115 e. The minimum atomic E-state index is 0.739. The molecule has 12 heavy (non-hydrogen) atoms.